The van der Waals surface area contributed by atoms with Gasteiger partial charge in [0.15, 0.2) is 12.2 Å². The molecule has 0 aromatic carbocycles. The molecule has 0 rings (SSSR count). The fourth-order valence-electron chi connectivity index (χ4n) is 10.7. The fraction of sp³-hybridized carbons (Fsp3) is 0.844. The molecule has 0 spiro atoms. The Bertz CT molecular complexity index is 2010. The molecule has 3 N–H and O–H groups in total. The van der Waals surface area contributed by atoms with E-state index in [1.54, 1.807) is 0 Å². The highest BCUT2D eigenvalue weighted by atomic mass is 31.2. The topological polar surface area (TPSA) is 237 Å². The lowest BCUT2D eigenvalue weighted by Crippen LogP contribution is -2.30. The van der Waals surface area contributed by atoms with Crippen LogP contribution in [0.15, 0.2) is 48.6 Å². The highest BCUT2D eigenvalue weighted by molar-refractivity contribution is 7.47. The van der Waals surface area contributed by atoms with Crippen molar-refractivity contribution in [2.45, 2.75) is 380 Å². The van der Waals surface area contributed by atoms with Crippen LogP contribution in [0.2, 0.25) is 0 Å². The zero-order valence-corrected chi connectivity index (χ0v) is 63.1. The van der Waals surface area contributed by atoms with Crippen LogP contribution < -0.4 is 0 Å². The summed E-state index contributed by atoms with van der Waals surface area (Å²) < 4.78 is 68.5. The summed E-state index contributed by atoms with van der Waals surface area (Å²) in [6.45, 7) is 4.86. The van der Waals surface area contributed by atoms with Gasteiger partial charge in [0.05, 0.1) is 26.4 Å². The van der Waals surface area contributed by atoms with E-state index < -0.39 is 97.5 Å². The molecule has 0 fully saturated rings. The largest absolute Gasteiger partial charge is 0.472 e. The highest BCUT2D eigenvalue weighted by Gasteiger charge is 2.30. The first-order chi connectivity index (χ1) is 46.7. The normalized spacial score (nSPS) is 14.2. The van der Waals surface area contributed by atoms with Crippen LogP contribution in [-0.2, 0) is 65.4 Å². The van der Waals surface area contributed by atoms with E-state index in [0.717, 1.165) is 154 Å². The van der Waals surface area contributed by atoms with Crippen LogP contribution in [-0.4, -0.2) is 96.7 Å². The molecular weight excluding hydrogens is 1260 g/mol. The van der Waals surface area contributed by atoms with Gasteiger partial charge in [-0.15, -0.1) is 0 Å². The zero-order chi connectivity index (χ0) is 70.4. The Morgan fingerprint density at radius 1 is 0.281 bits per heavy atom. The van der Waals surface area contributed by atoms with Gasteiger partial charge in [-0.1, -0.05) is 256 Å². The summed E-state index contributed by atoms with van der Waals surface area (Å²) in [6.07, 6.45) is 66.6. The van der Waals surface area contributed by atoms with Gasteiger partial charge < -0.3 is 33.8 Å². The van der Waals surface area contributed by atoms with E-state index in [9.17, 15) is 43.2 Å². The van der Waals surface area contributed by atoms with Gasteiger partial charge in [0.25, 0.3) is 0 Å². The Balaban J connectivity index is 5.33. The predicted octanol–water partition coefficient (Wildman–Crippen LogP) is 22.1. The van der Waals surface area contributed by atoms with Gasteiger partial charge in [-0.3, -0.25) is 37.3 Å². The molecule has 17 nitrogen and oxygen atoms in total. The minimum atomic E-state index is -4.97. The van der Waals surface area contributed by atoms with Crippen molar-refractivity contribution in [3.63, 3.8) is 0 Å². The molecule has 0 aromatic rings. The molecule has 0 amide bonds. The van der Waals surface area contributed by atoms with Gasteiger partial charge in [0.1, 0.15) is 19.3 Å². The molecule has 5 unspecified atom stereocenters. The van der Waals surface area contributed by atoms with Crippen LogP contribution in [0.25, 0.3) is 0 Å². The lowest BCUT2D eigenvalue weighted by Gasteiger charge is -2.21. The zero-order valence-electron chi connectivity index (χ0n) is 61.3. The molecule has 0 aliphatic rings. The first-order valence-electron chi connectivity index (χ1n) is 38.9. The highest BCUT2D eigenvalue weighted by Crippen LogP contribution is 2.45. The van der Waals surface area contributed by atoms with Crippen LogP contribution in [0.1, 0.15) is 362 Å². The van der Waals surface area contributed by atoms with E-state index in [1.807, 2.05) is 0 Å². The maximum atomic E-state index is 13.1. The number of phosphoric acid groups is 2. The Morgan fingerprint density at radius 3 is 0.729 bits per heavy atom. The monoisotopic (exact) mass is 1400 g/mol. The number of ether oxygens (including phenoxy) is 4. The van der Waals surface area contributed by atoms with Crippen molar-refractivity contribution in [1.29, 1.82) is 0 Å². The number of phosphoric ester groups is 2. The third-order valence-electron chi connectivity index (χ3n) is 16.7. The fourth-order valence-corrected chi connectivity index (χ4v) is 12.3. The van der Waals surface area contributed by atoms with E-state index in [1.165, 1.54) is 128 Å². The van der Waals surface area contributed by atoms with Crippen LogP contribution in [0.5, 0.6) is 0 Å². The number of unbranched alkanes of at least 4 members (excludes halogenated alkanes) is 40. The van der Waals surface area contributed by atoms with Gasteiger partial charge in [0, 0.05) is 25.7 Å². The smallest absolute Gasteiger partial charge is 0.462 e. The minimum Gasteiger partial charge on any atom is -0.462 e. The summed E-state index contributed by atoms with van der Waals surface area (Å²) in [5.74, 6) is -2.18. The van der Waals surface area contributed by atoms with Crippen LogP contribution in [0.3, 0.4) is 0 Å². The van der Waals surface area contributed by atoms with Gasteiger partial charge in [0.2, 0.25) is 0 Å². The predicted molar refractivity (Wildman–Crippen MR) is 390 cm³/mol. The van der Waals surface area contributed by atoms with Crippen molar-refractivity contribution < 1.29 is 80.2 Å². The maximum absolute atomic E-state index is 13.1. The standard InChI is InChI=1S/C77H142O17P2/c1-5-9-13-17-21-25-29-33-35-39-42-46-50-54-58-62-75(80)88-68-72(93-76(81)63-59-55-51-47-43-38-32-28-24-20-16-12-8-4)69-91-95(83,84)89-65-71(78)66-90-96(85,86)92-70-73(67-87-74(79)61-57-53-49-45-41-37-31-27-23-19-15-11-7-3)94-77(82)64-60-56-52-48-44-40-36-34-30-26-22-18-14-10-6-2/h27-28,31-36,71-73,78H,5-26,29-30,37-70H2,1-4H3,(H,83,84)(H,85,86)/b31-27-,32-28-,35-33+,36-34-. The summed E-state index contributed by atoms with van der Waals surface area (Å²) in [6, 6.07) is 0. The number of hydrogen-bond acceptors (Lipinski definition) is 15. The van der Waals surface area contributed by atoms with Gasteiger partial charge in [-0.25, -0.2) is 9.13 Å². The van der Waals surface area contributed by atoms with Crippen molar-refractivity contribution >= 4 is 39.5 Å². The third kappa shape index (κ3) is 69.5. The molecule has 5 atom stereocenters. The molecule has 0 saturated carbocycles. The first-order valence-corrected chi connectivity index (χ1v) is 41.9. The van der Waals surface area contributed by atoms with Crippen molar-refractivity contribution in [3.05, 3.63) is 48.6 Å². The average molecular weight is 1400 g/mol. The summed E-state index contributed by atoms with van der Waals surface area (Å²) >= 11 is 0. The first kappa shape index (κ1) is 93.0. The maximum Gasteiger partial charge on any atom is 0.472 e. The summed E-state index contributed by atoms with van der Waals surface area (Å²) in [5.41, 5.74) is 0. The number of rotatable bonds is 74. The molecule has 0 aliphatic heterocycles. The summed E-state index contributed by atoms with van der Waals surface area (Å²) in [7, 11) is -9.94. The molecular formula is C77H142O17P2. The molecule has 0 saturated heterocycles. The second-order valence-corrected chi connectivity index (χ2v) is 29.2. The van der Waals surface area contributed by atoms with E-state index in [4.69, 9.17) is 37.0 Å². The van der Waals surface area contributed by atoms with Crippen molar-refractivity contribution in [2.75, 3.05) is 39.6 Å². The second kappa shape index (κ2) is 70.5. The lowest BCUT2D eigenvalue weighted by atomic mass is 10.1. The molecule has 562 valence electrons. The second-order valence-electron chi connectivity index (χ2n) is 26.3. The average Bonchev–Trinajstić information content (AvgIpc) is 1.22. The van der Waals surface area contributed by atoms with E-state index in [0.29, 0.717) is 25.7 Å². The van der Waals surface area contributed by atoms with Gasteiger partial charge in [-0.05, 0) is 128 Å². The van der Waals surface area contributed by atoms with Crippen molar-refractivity contribution in [1.82, 2.24) is 0 Å². The molecule has 0 radical (unpaired) electrons. The minimum absolute atomic E-state index is 0.0879. The Hall–Kier alpha value is -2.98. The SMILES string of the molecule is CCCCCC/C=C\CCCCCCCC(=O)OCC(COP(=O)(O)OCC(O)COP(=O)(O)OCC(COC(=O)CCCCCCC/C=C/CCCCCCCC)OC(=O)CCCCCCC/C=C\CCCCCC)OC(=O)CCCCCCC/C=C\CCCCCCCC. The lowest BCUT2D eigenvalue weighted by molar-refractivity contribution is -0.161. The van der Waals surface area contributed by atoms with Crippen molar-refractivity contribution in [2.24, 2.45) is 0 Å². The molecule has 0 bridgehead atoms. The Labute approximate surface area is 585 Å². The van der Waals surface area contributed by atoms with Gasteiger partial charge in [-0.2, -0.15) is 0 Å². The van der Waals surface area contributed by atoms with Crippen molar-refractivity contribution in [3.8, 4) is 0 Å². The molecule has 0 heterocycles. The number of carbonyl (C=O) groups excluding carboxylic acids is 4. The Kier molecular flexibility index (Phi) is 68.3. The summed E-state index contributed by atoms with van der Waals surface area (Å²) in [5, 5.41) is 10.6. The summed E-state index contributed by atoms with van der Waals surface area (Å²) in [4.78, 5) is 72.8. The van der Waals surface area contributed by atoms with Crippen LogP contribution in [0.4, 0.5) is 0 Å². The van der Waals surface area contributed by atoms with Crippen LogP contribution in [0, 0.1) is 0 Å². The Morgan fingerprint density at radius 2 is 0.479 bits per heavy atom. The third-order valence-corrected chi connectivity index (χ3v) is 18.6. The van der Waals surface area contributed by atoms with E-state index in [-0.39, 0.29) is 25.7 Å². The molecule has 0 aliphatic carbocycles. The number of aliphatic hydroxyl groups is 1. The number of esters is 4. The molecule has 96 heavy (non-hydrogen) atoms. The number of allylic oxidation sites excluding steroid dienone is 8. The van der Waals surface area contributed by atoms with E-state index >= 15 is 0 Å². The van der Waals surface area contributed by atoms with Gasteiger partial charge >= 0.3 is 39.5 Å². The molecule has 19 heteroatoms. The quantitative estimate of drug-likeness (QED) is 0.0169. The van der Waals surface area contributed by atoms with E-state index in [2.05, 4.69) is 76.3 Å². The van der Waals surface area contributed by atoms with Crippen LogP contribution >= 0.6 is 15.6 Å². The number of hydrogen-bond donors (Lipinski definition) is 3. The number of carbonyl (C=O) groups is 4. The molecule has 0 aromatic heterocycles. The number of aliphatic hydroxyl groups excluding tert-OH is 1.